The van der Waals surface area contributed by atoms with E-state index in [1.54, 1.807) is 0 Å². The van der Waals surface area contributed by atoms with E-state index < -0.39 is 5.97 Å². The van der Waals surface area contributed by atoms with E-state index in [1.807, 2.05) is 14.0 Å². The van der Waals surface area contributed by atoms with Crippen molar-refractivity contribution in [1.82, 2.24) is 9.80 Å². The normalized spacial score (nSPS) is 38.7. The largest absolute Gasteiger partial charge is 0.481 e. The lowest BCUT2D eigenvalue weighted by molar-refractivity contribution is -0.143. The minimum absolute atomic E-state index is 0.160. The van der Waals surface area contributed by atoms with Crippen molar-refractivity contribution in [2.45, 2.75) is 31.8 Å². The number of carboxylic acids is 1. The zero-order valence-electron chi connectivity index (χ0n) is 9.52. The van der Waals surface area contributed by atoms with Crippen molar-refractivity contribution in [1.29, 1.82) is 0 Å². The van der Waals surface area contributed by atoms with Gasteiger partial charge in [-0.2, -0.15) is 0 Å². The SMILES string of the molecule is CC1C(C(=O)O)C(N2CCCC2)CN1C. The second-order valence-corrected chi connectivity index (χ2v) is 4.85. The molecule has 86 valence electrons. The molecule has 2 fully saturated rings. The number of nitrogens with zero attached hydrogens (tertiary/aromatic N) is 2. The highest BCUT2D eigenvalue weighted by Crippen LogP contribution is 2.29. The molecule has 2 saturated heterocycles. The molecule has 2 aliphatic heterocycles. The van der Waals surface area contributed by atoms with Crippen LogP contribution in [-0.2, 0) is 4.79 Å². The van der Waals surface area contributed by atoms with E-state index in [9.17, 15) is 9.90 Å². The zero-order valence-corrected chi connectivity index (χ0v) is 9.52. The number of carboxylic acid groups (broad SMARTS) is 1. The molecule has 0 spiro atoms. The molecule has 1 N–H and O–H groups in total. The van der Waals surface area contributed by atoms with Crippen LogP contribution < -0.4 is 0 Å². The zero-order chi connectivity index (χ0) is 11.0. The fraction of sp³-hybridized carbons (Fsp3) is 0.909. The Morgan fingerprint density at radius 3 is 2.47 bits per heavy atom. The molecule has 4 heteroatoms. The maximum Gasteiger partial charge on any atom is 0.309 e. The number of aliphatic carboxylic acids is 1. The second-order valence-electron chi connectivity index (χ2n) is 4.85. The molecule has 3 atom stereocenters. The first-order valence-electron chi connectivity index (χ1n) is 5.78. The van der Waals surface area contributed by atoms with Crippen molar-refractivity contribution < 1.29 is 9.90 Å². The van der Waals surface area contributed by atoms with Gasteiger partial charge in [0, 0.05) is 18.6 Å². The van der Waals surface area contributed by atoms with Crippen LogP contribution >= 0.6 is 0 Å². The fourth-order valence-electron chi connectivity index (χ4n) is 2.96. The predicted molar refractivity (Wildman–Crippen MR) is 57.8 cm³/mol. The molecule has 0 aromatic heterocycles. The molecule has 3 unspecified atom stereocenters. The average molecular weight is 212 g/mol. The van der Waals surface area contributed by atoms with Crippen LogP contribution in [0.5, 0.6) is 0 Å². The Kier molecular flexibility index (Phi) is 2.98. The Bertz CT molecular complexity index is 251. The van der Waals surface area contributed by atoms with Gasteiger partial charge in [-0.05, 0) is 39.9 Å². The molecule has 0 aromatic rings. The van der Waals surface area contributed by atoms with E-state index in [2.05, 4.69) is 9.80 Å². The number of hydrogen-bond acceptors (Lipinski definition) is 3. The van der Waals surface area contributed by atoms with Crippen LogP contribution in [0.25, 0.3) is 0 Å². The Labute approximate surface area is 90.9 Å². The first-order valence-corrected chi connectivity index (χ1v) is 5.78. The van der Waals surface area contributed by atoms with Gasteiger partial charge in [-0.25, -0.2) is 0 Å². The lowest BCUT2D eigenvalue weighted by atomic mass is 9.96. The topological polar surface area (TPSA) is 43.8 Å². The first-order chi connectivity index (χ1) is 7.11. The van der Waals surface area contributed by atoms with Gasteiger partial charge in [-0.3, -0.25) is 9.69 Å². The standard InChI is InChI=1S/C11H20N2O2/c1-8-10(11(14)15)9(7-12(8)2)13-5-3-4-6-13/h8-10H,3-7H2,1-2H3,(H,14,15). The molecular weight excluding hydrogens is 192 g/mol. The number of rotatable bonds is 2. The molecule has 0 aromatic carbocycles. The quantitative estimate of drug-likeness (QED) is 0.723. The highest BCUT2D eigenvalue weighted by Gasteiger charge is 2.45. The second kappa shape index (κ2) is 4.10. The Morgan fingerprint density at radius 2 is 1.93 bits per heavy atom. The summed E-state index contributed by atoms with van der Waals surface area (Å²) >= 11 is 0. The summed E-state index contributed by atoms with van der Waals surface area (Å²) in [6, 6.07) is 0.387. The van der Waals surface area contributed by atoms with Crippen molar-refractivity contribution in [3.8, 4) is 0 Å². The van der Waals surface area contributed by atoms with Gasteiger partial charge in [0.2, 0.25) is 0 Å². The van der Waals surface area contributed by atoms with Gasteiger partial charge < -0.3 is 10.0 Å². The summed E-state index contributed by atoms with van der Waals surface area (Å²) in [4.78, 5) is 15.8. The lowest BCUT2D eigenvalue weighted by Crippen LogP contribution is -2.42. The van der Waals surface area contributed by atoms with Gasteiger partial charge >= 0.3 is 5.97 Å². The summed E-state index contributed by atoms with van der Waals surface area (Å²) in [7, 11) is 2.02. The lowest BCUT2D eigenvalue weighted by Gasteiger charge is -2.26. The number of likely N-dealkylation sites (tertiary alicyclic amines) is 2. The van der Waals surface area contributed by atoms with Crippen LogP contribution in [0.1, 0.15) is 19.8 Å². The molecule has 4 nitrogen and oxygen atoms in total. The van der Waals surface area contributed by atoms with Gasteiger partial charge in [0.1, 0.15) is 0 Å². The molecule has 0 radical (unpaired) electrons. The summed E-state index contributed by atoms with van der Waals surface area (Å²) in [5, 5.41) is 9.28. The van der Waals surface area contributed by atoms with Crippen molar-refractivity contribution >= 4 is 5.97 Å². The van der Waals surface area contributed by atoms with Gasteiger partial charge in [-0.1, -0.05) is 0 Å². The molecule has 2 aliphatic rings. The van der Waals surface area contributed by atoms with Crippen molar-refractivity contribution in [2.24, 2.45) is 5.92 Å². The van der Waals surface area contributed by atoms with Crippen LogP contribution in [0.3, 0.4) is 0 Å². The van der Waals surface area contributed by atoms with Gasteiger partial charge in [-0.15, -0.1) is 0 Å². The molecule has 15 heavy (non-hydrogen) atoms. The summed E-state index contributed by atoms with van der Waals surface area (Å²) in [5.74, 6) is -0.850. The van der Waals surface area contributed by atoms with E-state index in [1.165, 1.54) is 12.8 Å². The molecule has 0 saturated carbocycles. The summed E-state index contributed by atoms with van der Waals surface area (Å²) in [6.45, 7) is 5.08. The highest BCUT2D eigenvalue weighted by atomic mass is 16.4. The van der Waals surface area contributed by atoms with Crippen LogP contribution in [-0.4, -0.2) is 59.6 Å². The van der Waals surface area contributed by atoms with E-state index >= 15 is 0 Å². The van der Waals surface area contributed by atoms with Gasteiger partial charge in [0.15, 0.2) is 0 Å². The Balaban J connectivity index is 2.12. The van der Waals surface area contributed by atoms with Crippen molar-refractivity contribution in [3.05, 3.63) is 0 Å². The fourth-order valence-corrected chi connectivity index (χ4v) is 2.96. The van der Waals surface area contributed by atoms with E-state index in [0.29, 0.717) is 0 Å². The Hall–Kier alpha value is -0.610. The third kappa shape index (κ3) is 1.88. The van der Waals surface area contributed by atoms with Crippen molar-refractivity contribution in [3.63, 3.8) is 0 Å². The van der Waals surface area contributed by atoms with Crippen LogP contribution in [0.4, 0.5) is 0 Å². The van der Waals surface area contributed by atoms with Crippen LogP contribution in [0.15, 0.2) is 0 Å². The summed E-state index contributed by atoms with van der Waals surface area (Å²) in [6.07, 6.45) is 2.45. The molecule has 2 heterocycles. The minimum Gasteiger partial charge on any atom is -0.481 e. The van der Waals surface area contributed by atoms with E-state index in [-0.39, 0.29) is 18.0 Å². The van der Waals surface area contributed by atoms with E-state index in [4.69, 9.17) is 0 Å². The van der Waals surface area contributed by atoms with Crippen LogP contribution in [0, 0.1) is 5.92 Å². The highest BCUT2D eigenvalue weighted by molar-refractivity contribution is 5.72. The summed E-state index contributed by atoms with van der Waals surface area (Å²) in [5.41, 5.74) is 0. The third-order valence-corrected chi connectivity index (χ3v) is 4.00. The van der Waals surface area contributed by atoms with Crippen molar-refractivity contribution in [2.75, 3.05) is 26.7 Å². The molecule has 0 amide bonds. The molecular formula is C11H20N2O2. The predicted octanol–water partition coefficient (Wildman–Crippen LogP) is 0.486. The first kappa shape index (κ1) is 10.9. The van der Waals surface area contributed by atoms with Gasteiger partial charge in [0.25, 0.3) is 0 Å². The smallest absolute Gasteiger partial charge is 0.309 e. The summed E-state index contributed by atoms with van der Waals surface area (Å²) < 4.78 is 0. The monoisotopic (exact) mass is 212 g/mol. The Morgan fingerprint density at radius 1 is 1.33 bits per heavy atom. The maximum absolute atomic E-state index is 11.3. The van der Waals surface area contributed by atoms with E-state index in [0.717, 1.165) is 19.6 Å². The third-order valence-electron chi connectivity index (χ3n) is 4.00. The van der Waals surface area contributed by atoms with Crippen LogP contribution in [0.2, 0.25) is 0 Å². The maximum atomic E-state index is 11.3. The number of likely N-dealkylation sites (N-methyl/N-ethyl adjacent to an activating group) is 1. The van der Waals surface area contributed by atoms with Gasteiger partial charge in [0.05, 0.1) is 5.92 Å². The number of hydrogen-bond donors (Lipinski definition) is 1. The average Bonchev–Trinajstić information content (AvgIpc) is 2.75. The molecule has 0 aliphatic carbocycles. The molecule has 0 bridgehead atoms. The minimum atomic E-state index is -0.635. The number of carbonyl (C=O) groups is 1. The molecule has 2 rings (SSSR count).